The maximum atomic E-state index is 12.9. The predicted octanol–water partition coefficient (Wildman–Crippen LogP) is 4.40. The summed E-state index contributed by atoms with van der Waals surface area (Å²) in [7, 11) is 0. The van der Waals surface area contributed by atoms with Crippen LogP contribution in [0, 0.1) is 9.39 Å². The summed E-state index contributed by atoms with van der Waals surface area (Å²) in [4.78, 5) is 12.3. The normalized spacial score (nSPS) is 10.3. The molecule has 0 spiro atoms. The summed E-state index contributed by atoms with van der Waals surface area (Å²) in [6, 6.07) is 5.84. The van der Waals surface area contributed by atoms with Crippen LogP contribution in [0.15, 0.2) is 29.6 Å². The number of amides is 1. The van der Waals surface area contributed by atoms with Gasteiger partial charge in [-0.15, -0.1) is 11.3 Å². The fourth-order valence-electron chi connectivity index (χ4n) is 1.23. The van der Waals surface area contributed by atoms with E-state index in [2.05, 4.69) is 5.32 Å². The Kier molecular flexibility index (Phi) is 4.01. The van der Waals surface area contributed by atoms with E-state index in [0.29, 0.717) is 19.2 Å². The second kappa shape index (κ2) is 5.32. The molecule has 6 heteroatoms. The number of hydrogen-bond acceptors (Lipinski definition) is 2. The minimum absolute atomic E-state index is 0.283. The van der Waals surface area contributed by atoms with Crippen molar-refractivity contribution in [2.45, 2.75) is 0 Å². The fraction of sp³-hybridized carbons (Fsp3) is 0. The Morgan fingerprint density at radius 3 is 2.76 bits per heavy atom. The zero-order valence-corrected chi connectivity index (χ0v) is 12.1. The van der Waals surface area contributed by atoms with Crippen molar-refractivity contribution in [2.75, 3.05) is 5.32 Å². The molecule has 1 amide bonds. The third kappa shape index (κ3) is 2.97. The van der Waals surface area contributed by atoms with Gasteiger partial charge in [-0.2, -0.15) is 0 Å². The van der Waals surface area contributed by atoms with Gasteiger partial charge in [0, 0.05) is 3.57 Å². The van der Waals surface area contributed by atoms with E-state index in [9.17, 15) is 9.18 Å². The Labute approximate surface area is 120 Å². The standard InChI is InChI=1S/C11H6ClFINOS/c12-7-3-4-17-10(7)11(16)15-9-2-1-6(13)5-8(9)14/h1-5H,(H,15,16). The average Bonchev–Trinajstić information content (AvgIpc) is 2.68. The van der Waals surface area contributed by atoms with Crippen LogP contribution in [-0.2, 0) is 0 Å². The van der Waals surface area contributed by atoms with E-state index in [0.717, 1.165) is 0 Å². The molecule has 1 aromatic carbocycles. The maximum Gasteiger partial charge on any atom is 0.267 e. The van der Waals surface area contributed by atoms with Crippen LogP contribution >= 0.6 is 45.5 Å². The zero-order chi connectivity index (χ0) is 12.4. The molecular weight excluding hydrogens is 376 g/mol. The number of nitrogens with one attached hydrogen (secondary N) is 1. The number of thiophene rings is 1. The Balaban J connectivity index is 2.22. The Bertz CT molecular complexity index is 572. The van der Waals surface area contributed by atoms with Gasteiger partial charge in [-0.05, 0) is 52.2 Å². The molecule has 0 saturated heterocycles. The molecule has 2 rings (SSSR count). The highest BCUT2D eigenvalue weighted by Crippen LogP contribution is 2.25. The minimum Gasteiger partial charge on any atom is -0.320 e. The highest BCUT2D eigenvalue weighted by Gasteiger charge is 2.13. The van der Waals surface area contributed by atoms with Crippen LogP contribution in [0.2, 0.25) is 5.02 Å². The number of rotatable bonds is 2. The SMILES string of the molecule is O=C(Nc1ccc(F)cc1I)c1sccc1Cl. The highest BCUT2D eigenvalue weighted by molar-refractivity contribution is 14.1. The Morgan fingerprint density at radius 1 is 1.41 bits per heavy atom. The lowest BCUT2D eigenvalue weighted by Crippen LogP contribution is -2.11. The predicted molar refractivity (Wildman–Crippen MR) is 76.4 cm³/mol. The van der Waals surface area contributed by atoms with Gasteiger partial charge in [-0.25, -0.2) is 4.39 Å². The van der Waals surface area contributed by atoms with E-state index in [1.54, 1.807) is 11.4 Å². The molecule has 1 N–H and O–H groups in total. The van der Waals surface area contributed by atoms with Gasteiger partial charge in [0.2, 0.25) is 0 Å². The molecule has 0 aliphatic rings. The largest absolute Gasteiger partial charge is 0.320 e. The molecule has 1 heterocycles. The first kappa shape index (κ1) is 12.8. The fourth-order valence-corrected chi connectivity index (χ4v) is 2.87. The molecule has 0 aliphatic heterocycles. The molecule has 0 aliphatic carbocycles. The van der Waals surface area contributed by atoms with E-state index in [4.69, 9.17) is 11.6 Å². The number of benzene rings is 1. The highest BCUT2D eigenvalue weighted by atomic mass is 127. The van der Waals surface area contributed by atoms with Crippen molar-refractivity contribution >= 4 is 57.1 Å². The van der Waals surface area contributed by atoms with Gasteiger partial charge in [0.05, 0.1) is 10.7 Å². The van der Waals surface area contributed by atoms with Crippen LogP contribution in [0.5, 0.6) is 0 Å². The van der Waals surface area contributed by atoms with Crippen molar-refractivity contribution in [3.63, 3.8) is 0 Å². The van der Waals surface area contributed by atoms with Crippen LogP contribution in [0.4, 0.5) is 10.1 Å². The first-order valence-corrected chi connectivity index (χ1v) is 6.91. The number of anilines is 1. The molecule has 0 saturated carbocycles. The average molecular weight is 382 g/mol. The van der Waals surface area contributed by atoms with Gasteiger partial charge >= 0.3 is 0 Å². The first-order valence-electron chi connectivity index (χ1n) is 4.57. The van der Waals surface area contributed by atoms with Crippen molar-refractivity contribution in [3.05, 3.63) is 48.9 Å². The molecule has 88 valence electrons. The van der Waals surface area contributed by atoms with E-state index < -0.39 is 0 Å². The number of carbonyl (C=O) groups excluding carboxylic acids is 1. The number of carbonyl (C=O) groups is 1. The molecule has 0 unspecified atom stereocenters. The summed E-state index contributed by atoms with van der Waals surface area (Å²) >= 11 is 9.08. The van der Waals surface area contributed by atoms with Gasteiger partial charge in [0.15, 0.2) is 0 Å². The van der Waals surface area contributed by atoms with E-state index in [1.165, 1.54) is 29.5 Å². The molecular formula is C11H6ClFINOS. The molecule has 0 fully saturated rings. The number of hydrogen-bond donors (Lipinski definition) is 1. The Morgan fingerprint density at radius 2 is 2.18 bits per heavy atom. The topological polar surface area (TPSA) is 29.1 Å². The molecule has 0 radical (unpaired) electrons. The van der Waals surface area contributed by atoms with Crippen molar-refractivity contribution in [1.82, 2.24) is 0 Å². The van der Waals surface area contributed by atoms with Crippen LogP contribution in [-0.4, -0.2) is 5.91 Å². The summed E-state index contributed by atoms with van der Waals surface area (Å²) in [6.45, 7) is 0. The van der Waals surface area contributed by atoms with Gasteiger partial charge in [0.1, 0.15) is 10.7 Å². The van der Waals surface area contributed by atoms with Gasteiger partial charge in [-0.3, -0.25) is 4.79 Å². The lowest BCUT2D eigenvalue weighted by Gasteiger charge is -2.06. The second-order valence-corrected chi connectivity index (χ2v) is 5.66. The zero-order valence-electron chi connectivity index (χ0n) is 8.34. The van der Waals surface area contributed by atoms with Crippen LogP contribution in [0.3, 0.4) is 0 Å². The summed E-state index contributed by atoms with van der Waals surface area (Å²) < 4.78 is 13.5. The smallest absolute Gasteiger partial charge is 0.267 e. The van der Waals surface area contributed by atoms with Gasteiger partial charge in [-0.1, -0.05) is 11.6 Å². The van der Waals surface area contributed by atoms with Crippen LogP contribution in [0.25, 0.3) is 0 Å². The van der Waals surface area contributed by atoms with Crippen molar-refractivity contribution in [3.8, 4) is 0 Å². The lowest BCUT2D eigenvalue weighted by atomic mass is 10.3. The monoisotopic (exact) mass is 381 g/mol. The third-order valence-corrected chi connectivity index (χ3v) is 4.24. The van der Waals surface area contributed by atoms with Gasteiger partial charge < -0.3 is 5.32 Å². The summed E-state index contributed by atoms with van der Waals surface area (Å²) in [5.41, 5.74) is 0.571. The number of halogens is 3. The lowest BCUT2D eigenvalue weighted by molar-refractivity contribution is 0.103. The van der Waals surface area contributed by atoms with Gasteiger partial charge in [0.25, 0.3) is 5.91 Å². The first-order chi connectivity index (χ1) is 8.08. The van der Waals surface area contributed by atoms with Crippen LogP contribution in [0.1, 0.15) is 9.67 Å². The third-order valence-electron chi connectivity index (χ3n) is 2.00. The quantitative estimate of drug-likeness (QED) is 0.768. The van der Waals surface area contributed by atoms with Crippen molar-refractivity contribution < 1.29 is 9.18 Å². The molecule has 2 nitrogen and oxygen atoms in total. The summed E-state index contributed by atoms with van der Waals surface area (Å²) in [5, 5.41) is 4.86. The summed E-state index contributed by atoms with van der Waals surface area (Å²) in [5.74, 6) is -0.615. The molecule has 1 aromatic heterocycles. The van der Waals surface area contributed by atoms with Crippen molar-refractivity contribution in [1.29, 1.82) is 0 Å². The molecule has 0 atom stereocenters. The molecule has 17 heavy (non-hydrogen) atoms. The van der Waals surface area contributed by atoms with Crippen molar-refractivity contribution in [2.24, 2.45) is 0 Å². The molecule has 2 aromatic rings. The molecule has 0 bridgehead atoms. The second-order valence-electron chi connectivity index (χ2n) is 3.18. The minimum atomic E-state index is -0.332. The summed E-state index contributed by atoms with van der Waals surface area (Å²) in [6.07, 6.45) is 0. The maximum absolute atomic E-state index is 12.9. The van der Waals surface area contributed by atoms with E-state index in [-0.39, 0.29) is 11.7 Å². The van der Waals surface area contributed by atoms with Crippen LogP contribution < -0.4 is 5.32 Å². The van der Waals surface area contributed by atoms with E-state index in [1.807, 2.05) is 22.6 Å². The van der Waals surface area contributed by atoms with E-state index >= 15 is 0 Å². The Hall–Kier alpha value is -0.660.